The summed E-state index contributed by atoms with van der Waals surface area (Å²) in [5, 5.41) is 15.8. The first-order valence-corrected chi connectivity index (χ1v) is 8.12. The number of nitrogens with zero attached hydrogens (tertiary/aromatic N) is 2. The molecule has 26 heavy (non-hydrogen) atoms. The Kier molecular flexibility index (Phi) is 33.9. The lowest BCUT2D eigenvalue weighted by atomic mass is 10.6. The zero-order valence-electron chi connectivity index (χ0n) is 16.9. The third kappa shape index (κ3) is 49.5. The van der Waals surface area contributed by atoms with Crippen LogP contribution in [0.5, 0.6) is 0 Å². The molecule has 0 aliphatic heterocycles. The molecule has 0 radical (unpaired) electrons. The largest absolute Gasteiger partial charge is 0.463 e. The summed E-state index contributed by atoms with van der Waals surface area (Å²) in [6.07, 6.45) is 2.28. The maximum absolute atomic E-state index is 10.4. The highest BCUT2D eigenvalue weighted by atomic mass is 16.5. The Morgan fingerprint density at radius 2 is 1.50 bits per heavy atom. The zero-order chi connectivity index (χ0) is 21.4. The molecule has 0 unspecified atom stereocenters. The maximum atomic E-state index is 10.4. The van der Waals surface area contributed by atoms with Crippen molar-refractivity contribution in [3.63, 3.8) is 0 Å². The van der Waals surface area contributed by atoms with Gasteiger partial charge in [0, 0.05) is 25.3 Å². The van der Waals surface area contributed by atoms with E-state index >= 15 is 0 Å². The average Bonchev–Trinajstić information content (AvgIpc) is 2.56. The molecule has 0 spiro atoms. The van der Waals surface area contributed by atoms with Crippen LogP contribution >= 0.6 is 0 Å². The molecule has 0 aliphatic carbocycles. The summed E-state index contributed by atoms with van der Waals surface area (Å²) >= 11 is 0. The first-order valence-electron chi connectivity index (χ1n) is 8.12. The number of hydrogen-bond donors (Lipinski definition) is 2. The van der Waals surface area contributed by atoms with Gasteiger partial charge < -0.3 is 24.6 Å². The van der Waals surface area contributed by atoms with Crippen LogP contribution in [0.1, 0.15) is 13.8 Å². The summed E-state index contributed by atoms with van der Waals surface area (Å²) < 4.78 is 10.8. The smallest absolute Gasteiger partial charge is 0.330 e. The molecular weight excluding hydrogens is 340 g/mol. The molecule has 8 nitrogen and oxygen atoms in total. The summed E-state index contributed by atoms with van der Waals surface area (Å²) in [4.78, 5) is 22.4. The highest BCUT2D eigenvalue weighted by molar-refractivity contribution is 5.81. The Morgan fingerprint density at radius 3 is 1.69 bits per heavy atom. The van der Waals surface area contributed by atoms with Gasteiger partial charge in [-0.1, -0.05) is 13.2 Å². The van der Waals surface area contributed by atoms with Crippen molar-refractivity contribution >= 4 is 18.7 Å². The van der Waals surface area contributed by atoms with E-state index in [0.717, 1.165) is 18.7 Å². The summed E-state index contributed by atoms with van der Waals surface area (Å²) in [5.41, 5.74) is 0. The molecule has 0 aromatic rings. The summed E-state index contributed by atoms with van der Waals surface area (Å²) in [7, 11) is 5.66. The van der Waals surface area contributed by atoms with E-state index in [9.17, 15) is 9.59 Å². The first kappa shape index (κ1) is 31.7. The standard InChI is InChI=1S/C7H12NO2.C5H8O2.C4H11NO.C2H6O/c1-4-7(9)10-6-5-8(2)3;1-3-5(6)7-4-2;1-5(2)3-4-6;1-2-3/h4H,1-2,5-6H2,3H3;3H,1,4H2,2H3;6H,3-4H2,1-2H3;3H,2H2,1H3/q+1;;;. The number of esters is 2. The molecule has 0 saturated heterocycles. The number of carbonyl (C=O) groups excluding carboxylic acids is 2. The van der Waals surface area contributed by atoms with E-state index in [4.69, 9.17) is 10.2 Å². The second-order valence-electron chi connectivity index (χ2n) is 4.75. The Morgan fingerprint density at radius 1 is 1.08 bits per heavy atom. The number of carbonyl (C=O) groups is 2. The van der Waals surface area contributed by atoms with Crippen LogP contribution in [0.2, 0.25) is 0 Å². The number of hydrogen-bond acceptors (Lipinski definition) is 7. The van der Waals surface area contributed by atoms with Gasteiger partial charge in [0.05, 0.1) is 13.2 Å². The first-order chi connectivity index (χ1) is 12.2. The fourth-order valence-corrected chi connectivity index (χ4v) is 0.762. The number of aliphatic hydroxyl groups is 2. The number of ether oxygens (including phenoxy) is 2. The topological polar surface area (TPSA) is 99.3 Å². The molecule has 0 atom stereocenters. The third-order valence-corrected chi connectivity index (χ3v) is 1.88. The lowest BCUT2D eigenvalue weighted by molar-refractivity contribution is -0.490. The van der Waals surface area contributed by atoms with Crippen LogP contribution in [0, 0.1) is 0 Å². The monoisotopic (exact) mass is 377 g/mol. The van der Waals surface area contributed by atoms with Crippen LogP contribution < -0.4 is 0 Å². The van der Waals surface area contributed by atoms with Gasteiger partial charge in [0.1, 0.15) is 20.4 Å². The van der Waals surface area contributed by atoms with Gasteiger partial charge in [0.25, 0.3) is 0 Å². The average molecular weight is 378 g/mol. The van der Waals surface area contributed by atoms with Crippen molar-refractivity contribution in [3.8, 4) is 0 Å². The predicted octanol–water partition coefficient (Wildman–Crippen LogP) is 0.333. The molecule has 0 heterocycles. The lowest BCUT2D eigenvalue weighted by Gasteiger charge is -2.03. The normalized spacial score (nSPS) is 8.31. The van der Waals surface area contributed by atoms with Gasteiger partial charge in [-0.15, -0.1) is 0 Å². The molecule has 0 amide bonds. The van der Waals surface area contributed by atoms with Crippen LogP contribution in [-0.2, 0) is 19.1 Å². The van der Waals surface area contributed by atoms with Crippen molar-refractivity contribution in [2.45, 2.75) is 13.8 Å². The molecule has 0 aromatic carbocycles. The highest BCUT2D eigenvalue weighted by Gasteiger charge is 1.96. The fourth-order valence-electron chi connectivity index (χ4n) is 0.762. The SMILES string of the molecule is C=CC(=O)OCC.C=CC(=O)OCC[N+](=C)C.CCO.CN(C)CCO. The van der Waals surface area contributed by atoms with Crippen LogP contribution in [0.3, 0.4) is 0 Å². The van der Waals surface area contributed by atoms with Crippen molar-refractivity contribution in [2.24, 2.45) is 0 Å². The Balaban J connectivity index is -0.000000134. The van der Waals surface area contributed by atoms with Gasteiger partial charge >= 0.3 is 11.9 Å². The van der Waals surface area contributed by atoms with E-state index in [1.807, 2.05) is 26.0 Å². The molecular formula is C18H37N2O6+. The van der Waals surface area contributed by atoms with E-state index in [-0.39, 0.29) is 25.2 Å². The maximum Gasteiger partial charge on any atom is 0.330 e. The van der Waals surface area contributed by atoms with E-state index in [2.05, 4.69) is 29.3 Å². The van der Waals surface area contributed by atoms with E-state index in [1.165, 1.54) is 0 Å². The molecule has 0 rings (SSSR count). The summed E-state index contributed by atoms with van der Waals surface area (Å²) in [6, 6.07) is 0. The van der Waals surface area contributed by atoms with E-state index in [0.29, 0.717) is 19.8 Å². The minimum atomic E-state index is -0.387. The van der Waals surface area contributed by atoms with Crippen LogP contribution in [0.25, 0.3) is 0 Å². The molecule has 0 bridgehead atoms. The summed E-state index contributed by atoms with van der Waals surface area (Å²) in [6.45, 7) is 16.2. The van der Waals surface area contributed by atoms with Crippen molar-refractivity contribution in [1.29, 1.82) is 0 Å². The Bertz CT molecular complexity index is 371. The van der Waals surface area contributed by atoms with E-state index in [1.54, 1.807) is 18.4 Å². The highest BCUT2D eigenvalue weighted by Crippen LogP contribution is 1.78. The molecule has 2 N–H and O–H groups in total. The number of aliphatic hydroxyl groups excluding tert-OH is 2. The van der Waals surface area contributed by atoms with Gasteiger partial charge in [0.2, 0.25) is 0 Å². The Labute approximate surface area is 158 Å². The van der Waals surface area contributed by atoms with Gasteiger partial charge in [0.15, 0.2) is 6.54 Å². The third-order valence-electron chi connectivity index (χ3n) is 1.88. The Hall–Kier alpha value is -2.03. The second kappa shape index (κ2) is 27.8. The molecule has 0 fully saturated rings. The minimum absolute atomic E-state index is 0.250. The zero-order valence-corrected chi connectivity index (χ0v) is 16.9. The van der Waals surface area contributed by atoms with Gasteiger partial charge in [-0.05, 0) is 27.9 Å². The van der Waals surface area contributed by atoms with Gasteiger partial charge in [-0.2, -0.15) is 0 Å². The molecule has 8 heteroatoms. The molecule has 0 saturated carbocycles. The summed E-state index contributed by atoms with van der Waals surface area (Å²) in [5.74, 6) is -0.746. The quantitative estimate of drug-likeness (QED) is 0.272. The molecule has 154 valence electrons. The molecule has 0 aromatic heterocycles. The minimum Gasteiger partial charge on any atom is -0.463 e. The van der Waals surface area contributed by atoms with Crippen LogP contribution in [-0.4, -0.2) is 99.0 Å². The molecule has 0 aliphatic rings. The lowest BCUT2D eigenvalue weighted by Crippen LogP contribution is -2.15. The van der Waals surface area contributed by atoms with Gasteiger partial charge in [-0.25, -0.2) is 14.2 Å². The van der Waals surface area contributed by atoms with Crippen molar-refractivity contribution in [2.75, 3.05) is 60.7 Å². The van der Waals surface area contributed by atoms with E-state index < -0.39 is 0 Å². The van der Waals surface area contributed by atoms with Crippen molar-refractivity contribution in [3.05, 3.63) is 25.3 Å². The van der Waals surface area contributed by atoms with Crippen LogP contribution in [0.4, 0.5) is 0 Å². The second-order valence-corrected chi connectivity index (χ2v) is 4.75. The fraction of sp³-hybridized carbons (Fsp3) is 0.611. The van der Waals surface area contributed by atoms with Crippen LogP contribution in [0.15, 0.2) is 25.3 Å². The number of rotatable bonds is 8. The van der Waals surface area contributed by atoms with Crippen molar-refractivity contribution in [1.82, 2.24) is 4.90 Å². The number of likely N-dealkylation sites (N-methyl/N-ethyl adjacent to an activating group) is 2. The van der Waals surface area contributed by atoms with Crippen molar-refractivity contribution < 1.29 is 33.9 Å². The predicted molar refractivity (Wildman–Crippen MR) is 105 cm³/mol. The van der Waals surface area contributed by atoms with Gasteiger partial charge in [-0.3, -0.25) is 0 Å².